The highest BCUT2D eigenvalue weighted by Gasteiger charge is 2.09. The van der Waals surface area contributed by atoms with E-state index in [2.05, 4.69) is 16.2 Å². The van der Waals surface area contributed by atoms with Gasteiger partial charge in [0.05, 0.1) is 0 Å². The van der Waals surface area contributed by atoms with Crippen LogP contribution in [0.25, 0.3) is 0 Å². The average molecular weight is 436 g/mol. The third kappa shape index (κ3) is 7.59. The molecule has 0 saturated carbocycles. The van der Waals surface area contributed by atoms with Crippen molar-refractivity contribution in [1.82, 2.24) is 16.2 Å². The molecule has 0 atom stereocenters. The molecule has 0 aliphatic carbocycles. The van der Waals surface area contributed by atoms with E-state index in [0.29, 0.717) is 16.5 Å². The summed E-state index contributed by atoms with van der Waals surface area (Å²) in [6, 6.07) is 10.8. The fourth-order valence-electron chi connectivity index (χ4n) is 2.28. The normalized spacial score (nSPS) is 10.1. The van der Waals surface area contributed by atoms with E-state index in [9.17, 15) is 9.59 Å². The molecule has 0 bridgehead atoms. The lowest BCUT2D eigenvalue weighted by atomic mass is 10.1. The summed E-state index contributed by atoms with van der Waals surface area (Å²) in [4.78, 5) is 23.8. The van der Waals surface area contributed by atoms with Crippen LogP contribution in [0.15, 0.2) is 36.4 Å². The molecule has 7 nitrogen and oxygen atoms in total. The summed E-state index contributed by atoms with van der Waals surface area (Å²) < 4.78 is 10.9. The minimum absolute atomic E-state index is 0.0596. The van der Waals surface area contributed by atoms with E-state index in [-0.39, 0.29) is 18.3 Å². The summed E-state index contributed by atoms with van der Waals surface area (Å²) in [5.41, 5.74) is 7.54. The standard InChI is InChI=1S/C20H22ClN3O4S/c1-12-4-5-13(2)17(8-12)28-10-18(25)22-20(29)24-23-19(26)11-27-16-7-6-15(21)9-14(16)3/h4-9H,10-11H2,1-3H3,(H,23,26)(H2,22,24,25,29). The number of nitrogens with one attached hydrogen (secondary N) is 3. The van der Waals surface area contributed by atoms with Crippen molar-refractivity contribution in [2.75, 3.05) is 13.2 Å². The number of amides is 2. The number of halogens is 1. The second kappa shape index (κ2) is 10.6. The number of carbonyl (C=O) groups excluding carboxylic acids is 2. The molecule has 0 aliphatic rings. The molecule has 0 radical (unpaired) electrons. The predicted octanol–water partition coefficient (Wildman–Crippen LogP) is 2.74. The Morgan fingerprint density at radius 2 is 1.59 bits per heavy atom. The Hall–Kier alpha value is -2.84. The first-order valence-electron chi connectivity index (χ1n) is 8.72. The Labute approximate surface area is 179 Å². The molecule has 0 aliphatic heterocycles. The van der Waals surface area contributed by atoms with Crippen molar-refractivity contribution < 1.29 is 19.1 Å². The number of aryl methyl sites for hydroxylation is 3. The van der Waals surface area contributed by atoms with Crippen LogP contribution in [0.5, 0.6) is 11.5 Å². The second-order valence-corrected chi connectivity index (χ2v) is 7.15. The van der Waals surface area contributed by atoms with Crippen LogP contribution in [-0.2, 0) is 9.59 Å². The first-order chi connectivity index (χ1) is 13.7. The van der Waals surface area contributed by atoms with Gasteiger partial charge in [0.25, 0.3) is 11.8 Å². The van der Waals surface area contributed by atoms with Gasteiger partial charge in [-0.25, -0.2) is 0 Å². The molecule has 2 amide bonds. The SMILES string of the molecule is Cc1ccc(C)c(OCC(=O)NC(=S)NNC(=O)COc2ccc(Cl)cc2C)c1. The molecule has 9 heteroatoms. The van der Waals surface area contributed by atoms with Crippen molar-refractivity contribution in [1.29, 1.82) is 0 Å². The Balaban J connectivity index is 1.69. The first-order valence-corrected chi connectivity index (χ1v) is 9.51. The van der Waals surface area contributed by atoms with Gasteiger partial charge < -0.3 is 9.47 Å². The van der Waals surface area contributed by atoms with Gasteiger partial charge in [-0.05, 0) is 73.9 Å². The van der Waals surface area contributed by atoms with Crippen molar-refractivity contribution >= 4 is 40.7 Å². The maximum Gasteiger partial charge on any atom is 0.276 e. The Morgan fingerprint density at radius 1 is 0.897 bits per heavy atom. The molecular weight excluding hydrogens is 414 g/mol. The number of ether oxygens (including phenoxy) is 2. The second-order valence-electron chi connectivity index (χ2n) is 6.31. The van der Waals surface area contributed by atoms with E-state index in [4.69, 9.17) is 33.3 Å². The Bertz CT molecular complexity index is 921. The van der Waals surface area contributed by atoms with E-state index in [1.165, 1.54) is 0 Å². The van der Waals surface area contributed by atoms with E-state index < -0.39 is 11.8 Å². The number of thiocarbonyl (C=S) groups is 1. The van der Waals surface area contributed by atoms with Gasteiger partial charge in [-0.1, -0.05) is 23.7 Å². The van der Waals surface area contributed by atoms with E-state index in [1.54, 1.807) is 18.2 Å². The van der Waals surface area contributed by atoms with Gasteiger partial charge >= 0.3 is 0 Å². The summed E-state index contributed by atoms with van der Waals surface area (Å²) in [6.07, 6.45) is 0. The summed E-state index contributed by atoms with van der Waals surface area (Å²) in [5.74, 6) is 0.249. The van der Waals surface area contributed by atoms with Crippen LogP contribution < -0.4 is 25.6 Å². The minimum atomic E-state index is -0.470. The van der Waals surface area contributed by atoms with Gasteiger partial charge in [-0.3, -0.25) is 25.8 Å². The molecule has 0 saturated heterocycles. The van der Waals surface area contributed by atoms with E-state index in [0.717, 1.165) is 16.7 Å². The molecule has 0 aromatic heterocycles. The Morgan fingerprint density at radius 3 is 2.31 bits per heavy atom. The topological polar surface area (TPSA) is 88.7 Å². The van der Waals surface area contributed by atoms with Crippen LogP contribution in [-0.4, -0.2) is 30.1 Å². The van der Waals surface area contributed by atoms with E-state index >= 15 is 0 Å². The number of rotatable bonds is 6. The van der Waals surface area contributed by atoms with Crippen LogP contribution in [0.2, 0.25) is 5.02 Å². The molecule has 2 rings (SSSR count). The van der Waals surface area contributed by atoms with Gasteiger partial charge in [0.1, 0.15) is 11.5 Å². The van der Waals surface area contributed by atoms with Gasteiger partial charge in [0, 0.05) is 5.02 Å². The molecular formula is C20H22ClN3O4S. The number of hydrazine groups is 1. The summed E-state index contributed by atoms with van der Waals surface area (Å²) >= 11 is 10.8. The molecule has 0 spiro atoms. The van der Waals surface area contributed by atoms with Gasteiger partial charge in [0.15, 0.2) is 18.3 Å². The van der Waals surface area contributed by atoms with Gasteiger partial charge in [-0.15, -0.1) is 0 Å². The molecule has 2 aromatic carbocycles. The molecule has 3 N–H and O–H groups in total. The van der Waals surface area contributed by atoms with Crippen molar-refractivity contribution in [3.05, 3.63) is 58.1 Å². The van der Waals surface area contributed by atoms with Gasteiger partial charge in [-0.2, -0.15) is 0 Å². The lowest BCUT2D eigenvalue weighted by Gasteiger charge is -2.13. The summed E-state index contributed by atoms with van der Waals surface area (Å²) in [6.45, 7) is 5.21. The fourth-order valence-corrected chi connectivity index (χ4v) is 2.67. The molecule has 0 unspecified atom stereocenters. The van der Waals surface area contributed by atoms with Gasteiger partial charge in [0.2, 0.25) is 0 Å². The minimum Gasteiger partial charge on any atom is -0.483 e. The maximum atomic E-state index is 11.9. The van der Waals surface area contributed by atoms with Crippen molar-refractivity contribution in [2.45, 2.75) is 20.8 Å². The van der Waals surface area contributed by atoms with Crippen LogP contribution in [0.4, 0.5) is 0 Å². The number of benzene rings is 2. The highest BCUT2D eigenvalue weighted by molar-refractivity contribution is 7.80. The summed E-state index contributed by atoms with van der Waals surface area (Å²) in [7, 11) is 0. The largest absolute Gasteiger partial charge is 0.483 e. The maximum absolute atomic E-state index is 11.9. The number of hydrogen-bond donors (Lipinski definition) is 3. The molecule has 0 fully saturated rings. The van der Waals surface area contributed by atoms with Crippen molar-refractivity contribution in [3.63, 3.8) is 0 Å². The van der Waals surface area contributed by atoms with Crippen molar-refractivity contribution in [3.8, 4) is 11.5 Å². The summed E-state index contributed by atoms with van der Waals surface area (Å²) in [5, 5.41) is 2.94. The average Bonchev–Trinajstić information content (AvgIpc) is 2.66. The fraction of sp³-hybridized carbons (Fsp3) is 0.250. The van der Waals surface area contributed by atoms with Crippen LogP contribution in [0.1, 0.15) is 16.7 Å². The quantitative estimate of drug-likeness (QED) is 0.477. The van der Waals surface area contributed by atoms with Crippen LogP contribution >= 0.6 is 23.8 Å². The lowest BCUT2D eigenvalue weighted by Crippen LogP contribution is -2.50. The zero-order valence-corrected chi connectivity index (χ0v) is 17.9. The smallest absolute Gasteiger partial charge is 0.276 e. The third-order valence-electron chi connectivity index (χ3n) is 3.77. The third-order valence-corrected chi connectivity index (χ3v) is 4.21. The highest BCUT2D eigenvalue weighted by Crippen LogP contribution is 2.21. The molecule has 2 aromatic rings. The molecule has 0 heterocycles. The van der Waals surface area contributed by atoms with Crippen LogP contribution in [0.3, 0.4) is 0 Å². The van der Waals surface area contributed by atoms with E-state index in [1.807, 2.05) is 39.0 Å². The zero-order chi connectivity index (χ0) is 21.4. The van der Waals surface area contributed by atoms with Crippen molar-refractivity contribution in [2.24, 2.45) is 0 Å². The monoisotopic (exact) mass is 435 g/mol. The number of carbonyl (C=O) groups is 2. The molecule has 154 valence electrons. The molecule has 29 heavy (non-hydrogen) atoms. The Kier molecular flexibility index (Phi) is 8.23. The number of hydrogen-bond acceptors (Lipinski definition) is 5. The predicted molar refractivity (Wildman–Crippen MR) is 115 cm³/mol. The highest BCUT2D eigenvalue weighted by atomic mass is 35.5. The lowest BCUT2D eigenvalue weighted by molar-refractivity contribution is -0.124. The zero-order valence-electron chi connectivity index (χ0n) is 16.3. The van der Waals surface area contributed by atoms with Crippen LogP contribution in [0, 0.1) is 20.8 Å². The first kappa shape index (κ1) is 22.4.